The lowest BCUT2D eigenvalue weighted by atomic mass is 9.77. The van der Waals surface area contributed by atoms with Crippen molar-refractivity contribution in [1.29, 1.82) is 0 Å². The van der Waals surface area contributed by atoms with E-state index in [-0.39, 0.29) is 0 Å². The van der Waals surface area contributed by atoms with E-state index < -0.39 is 0 Å². The molecule has 2 heteroatoms. The van der Waals surface area contributed by atoms with Crippen molar-refractivity contribution in [3.8, 4) is 0 Å². The van der Waals surface area contributed by atoms with Crippen molar-refractivity contribution in [2.75, 3.05) is 0 Å². The van der Waals surface area contributed by atoms with Gasteiger partial charge in [0.2, 0.25) is 0 Å². The first-order chi connectivity index (χ1) is 6.84. The number of hydrogen-bond donors (Lipinski definition) is 1. The van der Waals surface area contributed by atoms with Crippen LogP contribution in [-0.2, 0) is 6.54 Å². The van der Waals surface area contributed by atoms with Crippen LogP contribution in [0.4, 0.5) is 0 Å². The fraction of sp³-hybridized carbons (Fsp3) is 0.500. The molecule has 3 rings (SSSR count). The Morgan fingerprint density at radius 3 is 2.86 bits per heavy atom. The smallest absolute Gasteiger partial charge is 0.0355 e. The summed E-state index contributed by atoms with van der Waals surface area (Å²) in [6.07, 6.45) is 4.24. The average Bonchev–Trinajstić information content (AvgIpc) is 2.46. The van der Waals surface area contributed by atoms with E-state index in [2.05, 4.69) is 39.4 Å². The highest BCUT2D eigenvalue weighted by Gasteiger charge is 2.32. The van der Waals surface area contributed by atoms with Crippen LogP contribution in [0.15, 0.2) is 22.7 Å². The second kappa shape index (κ2) is 3.35. The van der Waals surface area contributed by atoms with Gasteiger partial charge in [0.25, 0.3) is 0 Å². The number of halogens is 1. The molecule has 1 aromatic carbocycles. The van der Waals surface area contributed by atoms with Crippen molar-refractivity contribution < 1.29 is 0 Å². The zero-order chi connectivity index (χ0) is 9.54. The molecule has 74 valence electrons. The van der Waals surface area contributed by atoms with Crippen molar-refractivity contribution >= 4 is 15.9 Å². The Morgan fingerprint density at radius 1 is 1.29 bits per heavy atom. The van der Waals surface area contributed by atoms with E-state index in [1.807, 2.05) is 0 Å². The lowest BCUT2D eigenvalue weighted by molar-refractivity contribution is 0.240. The molecule has 1 unspecified atom stereocenters. The second-order valence-corrected chi connectivity index (χ2v) is 5.31. The van der Waals surface area contributed by atoms with Crippen LogP contribution in [-0.4, -0.2) is 0 Å². The molecule has 1 nitrogen and oxygen atoms in total. The minimum atomic E-state index is 0.635. The van der Waals surface area contributed by atoms with Crippen LogP contribution in [0.3, 0.4) is 0 Å². The first kappa shape index (κ1) is 8.93. The summed E-state index contributed by atoms with van der Waals surface area (Å²) >= 11 is 3.55. The summed E-state index contributed by atoms with van der Waals surface area (Å²) in [6, 6.07) is 7.31. The van der Waals surface area contributed by atoms with Gasteiger partial charge in [-0.1, -0.05) is 28.4 Å². The summed E-state index contributed by atoms with van der Waals surface area (Å²) in [7, 11) is 0. The second-order valence-electron chi connectivity index (χ2n) is 4.39. The van der Waals surface area contributed by atoms with Gasteiger partial charge in [-0.15, -0.1) is 0 Å². The molecule has 1 aliphatic heterocycles. The Morgan fingerprint density at radius 2 is 2.14 bits per heavy atom. The number of benzene rings is 1. The number of fused-ring (bicyclic) bond motifs is 1. The van der Waals surface area contributed by atoms with Gasteiger partial charge >= 0.3 is 0 Å². The first-order valence-corrected chi connectivity index (χ1v) is 6.15. The maximum Gasteiger partial charge on any atom is 0.0355 e. The van der Waals surface area contributed by atoms with Gasteiger partial charge in [0.15, 0.2) is 0 Å². The molecular weight excluding hydrogens is 238 g/mol. The van der Waals surface area contributed by atoms with E-state index in [9.17, 15) is 0 Å². The fourth-order valence-electron chi connectivity index (χ4n) is 2.54. The molecule has 1 fully saturated rings. The molecule has 1 saturated carbocycles. The SMILES string of the molecule is Brc1ccc2c(c1)C(C1CCC1)NC2. The normalized spacial score (nSPS) is 25.9. The van der Waals surface area contributed by atoms with Gasteiger partial charge in [-0.3, -0.25) is 0 Å². The monoisotopic (exact) mass is 251 g/mol. The molecule has 1 atom stereocenters. The Balaban J connectivity index is 1.95. The number of nitrogens with one attached hydrogen (secondary N) is 1. The topological polar surface area (TPSA) is 12.0 Å². The van der Waals surface area contributed by atoms with E-state index in [0.29, 0.717) is 6.04 Å². The molecular formula is C12H14BrN. The molecule has 2 aliphatic rings. The summed E-state index contributed by atoms with van der Waals surface area (Å²) in [6.45, 7) is 1.06. The Kier molecular flexibility index (Phi) is 2.14. The molecule has 0 aromatic heterocycles. The molecule has 0 radical (unpaired) electrons. The maximum atomic E-state index is 3.63. The van der Waals surface area contributed by atoms with Crippen LogP contribution in [0.1, 0.15) is 36.4 Å². The van der Waals surface area contributed by atoms with Crippen LogP contribution in [0.2, 0.25) is 0 Å². The van der Waals surface area contributed by atoms with Gasteiger partial charge in [-0.05, 0) is 42.0 Å². The molecule has 0 amide bonds. The summed E-state index contributed by atoms with van der Waals surface area (Å²) in [5, 5.41) is 3.63. The molecule has 0 spiro atoms. The Bertz CT molecular complexity index is 357. The van der Waals surface area contributed by atoms with Crippen LogP contribution in [0.25, 0.3) is 0 Å². The summed E-state index contributed by atoms with van der Waals surface area (Å²) in [5.74, 6) is 0.894. The van der Waals surface area contributed by atoms with E-state index in [0.717, 1.165) is 12.5 Å². The third-order valence-corrected chi connectivity index (χ3v) is 4.07. The quantitative estimate of drug-likeness (QED) is 0.807. The first-order valence-electron chi connectivity index (χ1n) is 5.36. The van der Waals surface area contributed by atoms with Gasteiger partial charge in [-0.2, -0.15) is 0 Å². The third-order valence-electron chi connectivity index (χ3n) is 3.58. The maximum absolute atomic E-state index is 3.63. The van der Waals surface area contributed by atoms with Crippen molar-refractivity contribution in [2.45, 2.75) is 31.8 Å². The molecule has 0 bridgehead atoms. The molecule has 1 aliphatic carbocycles. The van der Waals surface area contributed by atoms with Crippen LogP contribution in [0.5, 0.6) is 0 Å². The van der Waals surface area contributed by atoms with Gasteiger partial charge in [0.1, 0.15) is 0 Å². The Labute approximate surface area is 93.0 Å². The zero-order valence-electron chi connectivity index (χ0n) is 8.09. The van der Waals surface area contributed by atoms with E-state index in [1.54, 1.807) is 0 Å². The summed E-state index contributed by atoms with van der Waals surface area (Å²) in [4.78, 5) is 0. The highest BCUT2D eigenvalue weighted by atomic mass is 79.9. The fourth-order valence-corrected chi connectivity index (χ4v) is 2.92. The molecule has 0 saturated heterocycles. The molecule has 1 N–H and O–H groups in total. The van der Waals surface area contributed by atoms with Gasteiger partial charge < -0.3 is 5.32 Å². The van der Waals surface area contributed by atoms with Crippen LogP contribution >= 0.6 is 15.9 Å². The summed E-state index contributed by atoms with van der Waals surface area (Å²) < 4.78 is 1.21. The predicted molar refractivity (Wildman–Crippen MR) is 61.1 cm³/mol. The van der Waals surface area contributed by atoms with Crippen LogP contribution in [0, 0.1) is 5.92 Å². The standard InChI is InChI=1S/C12H14BrN/c13-10-5-4-9-7-14-12(11(9)6-10)8-2-1-3-8/h4-6,8,12,14H,1-3,7H2. The van der Waals surface area contributed by atoms with Crippen molar-refractivity contribution in [3.63, 3.8) is 0 Å². The van der Waals surface area contributed by atoms with E-state index >= 15 is 0 Å². The highest BCUT2D eigenvalue weighted by Crippen LogP contribution is 2.42. The van der Waals surface area contributed by atoms with Crippen LogP contribution < -0.4 is 5.32 Å². The highest BCUT2D eigenvalue weighted by molar-refractivity contribution is 9.10. The lowest BCUT2D eigenvalue weighted by Gasteiger charge is -2.32. The zero-order valence-corrected chi connectivity index (χ0v) is 9.68. The lowest BCUT2D eigenvalue weighted by Crippen LogP contribution is -2.26. The number of hydrogen-bond acceptors (Lipinski definition) is 1. The van der Waals surface area contributed by atoms with Gasteiger partial charge in [-0.25, -0.2) is 0 Å². The predicted octanol–water partition coefficient (Wildman–Crippen LogP) is 3.39. The van der Waals surface area contributed by atoms with Gasteiger partial charge in [0.05, 0.1) is 0 Å². The minimum absolute atomic E-state index is 0.635. The summed E-state index contributed by atoms with van der Waals surface area (Å²) in [5.41, 5.74) is 3.02. The van der Waals surface area contributed by atoms with Crippen molar-refractivity contribution in [1.82, 2.24) is 5.32 Å². The largest absolute Gasteiger partial charge is 0.306 e. The van der Waals surface area contributed by atoms with E-state index in [1.165, 1.54) is 34.9 Å². The number of rotatable bonds is 1. The van der Waals surface area contributed by atoms with Gasteiger partial charge in [0, 0.05) is 17.1 Å². The minimum Gasteiger partial charge on any atom is -0.306 e. The van der Waals surface area contributed by atoms with Crippen molar-refractivity contribution in [3.05, 3.63) is 33.8 Å². The van der Waals surface area contributed by atoms with E-state index in [4.69, 9.17) is 0 Å². The average molecular weight is 252 g/mol. The molecule has 1 aromatic rings. The molecule has 14 heavy (non-hydrogen) atoms. The Hall–Kier alpha value is -0.340. The van der Waals surface area contributed by atoms with Crippen molar-refractivity contribution in [2.24, 2.45) is 5.92 Å². The third kappa shape index (κ3) is 1.32. The molecule has 1 heterocycles.